The van der Waals surface area contributed by atoms with Gasteiger partial charge in [0.15, 0.2) is 12.4 Å². The van der Waals surface area contributed by atoms with Gasteiger partial charge in [-0.15, -0.1) is 0 Å². The van der Waals surface area contributed by atoms with Crippen LogP contribution >= 0.6 is 0 Å². The Labute approximate surface area is 89.9 Å². The van der Waals surface area contributed by atoms with E-state index in [4.69, 9.17) is 5.26 Å². The molecular formula is C9H11IN2. The normalized spacial score (nSPS) is 8.33. The highest BCUT2D eigenvalue weighted by Gasteiger charge is 1.96. The van der Waals surface area contributed by atoms with Crippen molar-refractivity contribution in [2.75, 3.05) is 0 Å². The first-order chi connectivity index (χ1) is 5.36. The number of rotatable bonds is 2. The Morgan fingerprint density at radius 1 is 1.42 bits per heavy atom. The molecule has 0 bridgehead atoms. The summed E-state index contributed by atoms with van der Waals surface area (Å²) in [5.74, 6) is 0. The zero-order valence-corrected chi connectivity index (χ0v) is 9.15. The van der Waals surface area contributed by atoms with Gasteiger partial charge in [-0.1, -0.05) is 6.92 Å². The fraction of sp³-hybridized carbons (Fsp3) is 0.333. The summed E-state index contributed by atoms with van der Waals surface area (Å²) in [5.41, 5.74) is 0.720. The minimum atomic E-state index is 0. The third-order valence-corrected chi connectivity index (χ3v) is 1.50. The number of nitriles is 1. The maximum absolute atomic E-state index is 8.50. The van der Waals surface area contributed by atoms with Gasteiger partial charge in [0.1, 0.15) is 6.54 Å². The van der Waals surface area contributed by atoms with Crippen LogP contribution in [-0.2, 0) is 6.54 Å². The summed E-state index contributed by atoms with van der Waals surface area (Å²) < 4.78 is 2.07. The molecule has 1 aromatic rings. The monoisotopic (exact) mass is 274 g/mol. The molecule has 1 heterocycles. The Kier molecular flexibility index (Phi) is 5.64. The molecule has 0 fully saturated rings. The Morgan fingerprint density at radius 2 is 2.00 bits per heavy atom. The van der Waals surface area contributed by atoms with Crippen molar-refractivity contribution < 1.29 is 28.5 Å². The lowest BCUT2D eigenvalue weighted by Crippen LogP contribution is -3.00. The molecule has 0 unspecified atom stereocenters. The molecule has 1 aromatic heterocycles. The van der Waals surface area contributed by atoms with Crippen LogP contribution in [0.3, 0.4) is 0 Å². The fourth-order valence-corrected chi connectivity index (χ4v) is 0.939. The fourth-order valence-electron chi connectivity index (χ4n) is 0.939. The molecule has 0 aliphatic rings. The van der Waals surface area contributed by atoms with Crippen molar-refractivity contribution in [3.05, 3.63) is 30.1 Å². The highest BCUT2D eigenvalue weighted by molar-refractivity contribution is 5.23. The van der Waals surface area contributed by atoms with E-state index in [1.807, 2.05) is 24.5 Å². The van der Waals surface area contributed by atoms with Gasteiger partial charge in [0, 0.05) is 18.6 Å². The van der Waals surface area contributed by atoms with Crippen molar-refractivity contribution in [2.24, 2.45) is 0 Å². The molecule has 0 aromatic carbocycles. The first-order valence-corrected chi connectivity index (χ1v) is 3.76. The highest BCUT2D eigenvalue weighted by Crippen LogP contribution is 1.90. The first kappa shape index (κ1) is 11.4. The molecule has 64 valence electrons. The summed E-state index contributed by atoms with van der Waals surface area (Å²) >= 11 is 0. The SMILES string of the molecule is CCC[n+]1ccc(C#N)cc1.[I-]. The maximum atomic E-state index is 8.50. The summed E-state index contributed by atoms with van der Waals surface area (Å²) in [6.45, 7) is 3.15. The molecule has 1 rings (SSSR count). The smallest absolute Gasteiger partial charge is 0.170 e. The molecule has 0 amide bonds. The number of pyridine rings is 1. The van der Waals surface area contributed by atoms with E-state index in [9.17, 15) is 0 Å². The van der Waals surface area contributed by atoms with Crippen molar-refractivity contribution in [3.63, 3.8) is 0 Å². The maximum Gasteiger partial charge on any atom is 0.170 e. The second-order valence-electron chi connectivity index (χ2n) is 2.44. The van der Waals surface area contributed by atoms with Crippen LogP contribution in [0, 0.1) is 11.3 Å². The number of hydrogen-bond donors (Lipinski definition) is 0. The minimum Gasteiger partial charge on any atom is -1.00 e. The molecule has 0 saturated heterocycles. The van der Waals surface area contributed by atoms with Crippen LogP contribution in [-0.4, -0.2) is 0 Å². The standard InChI is InChI=1S/C9H11N2.HI/c1-2-5-11-6-3-9(8-10)4-7-11;/h3-4,6-7H,2,5H2,1H3;1H/q+1;/p-1. The van der Waals surface area contributed by atoms with Gasteiger partial charge in [0.2, 0.25) is 0 Å². The second kappa shape index (κ2) is 5.95. The zero-order chi connectivity index (χ0) is 8.10. The summed E-state index contributed by atoms with van der Waals surface area (Å²) in [6, 6.07) is 5.74. The van der Waals surface area contributed by atoms with E-state index >= 15 is 0 Å². The molecular weight excluding hydrogens is 263 g/mol. The molecule has 2 nitrogen and oxygen atoms in total. The van der Waals surface area contributed by atoms with Crippen LogP contribution in [0.5, 0.6) is 0 Å². The summed E-state index contributed by atoms with van der Waals surface area (Å²) in [7, 11) is 0. The highest BCUT2D eigenvalue weighted by atomic mass is 127. The van der Waals surface area contributed by atoms with Crippen LogP contribution in [0.2, 0.25) is 0 Å². The van der Waals surface area contributed by atoms with Crippen molar-refractivity contribution in [1.29, 1.82) is 5.26 Å². The van der Waals surface area contributed by atoms with Crippen LogP contribution in [0.15, 0.2) is 24.5 Å². The van der Waals surface area contributed by atoms with E-state index in [0.29, 0.717) is 0 Å². The van der Waals surface area contributed by atoms with Gasteiger partial charge in [-0.2, -0.15) is 5.26 Å². The average molecular weight is 274 g/mol. The predicted molar refractivity (Wildman–Crippen MR) is 41.6 cm³/mol. The Hall–Kier alpha value is -0.630. The molecule has 12 heavy (non-hydrogen) atoms. The molecule has 0 saturated carbocycles. The van der Waals surface area contributed by atoms with E-state index < -0.39 is 0 Å². The van der Waals surface area contributed by atoms with Crippen LogP contribution in [0.4, 0.5) is 0 Å². The summed E-state index contributed by atoms with van der Waals surface area (Å²) in [5, 5.41) is 8.50. The number of aryl methyl sites for hydroxylation is 1. The topological polar surface area (TPSA) is 27.7 Å². The largest absolute Gasteiger partial charge is 1.00 e. The molecule has 0 spiro atoms. The molecule has 0 aliphatic heterocycles. The Morgan fingerprint density at radius 3 is 2.42 bits per heavy atom. The van der Waals surface area contributed by atoms with E-state index in [2.05, 4.69) is 17.6 Å². The van der Waals surface area contributed by atoms with Crippen LogP contribution in [0.1, 0.15) is 18.9 Å². The molecule has 0 N–H and O–H groups in total. The molecule has 0 radical (unpaired) electrons. The van der Waals surface area contributed by atoms with Crippen molar-refractivity contribution in [1.82, 2.24) is 0 Å². The number of nitrogens with zero attached hydrogens (tertiary/aromatic N) is 2. The van der Waals surface area contributed by atoms with Gasteiger partial charge in [0.05, 0.1) is 11.6 Å². The van der Waals surface area contributed by atoms with E-state index in [1.54, 1.807) is 0 Å². The van der Waals surface area contributed by atoms with Gasteiger partial charge in [-0.05, 0) is 0 Å². The van der Waals surface area contributed by atoms with Gasteiger partial charge in [-0.25, -0.2) is 4.57 Å². The molecule has 0 aliphatic carbocycles. The number of halogens is 1. The number of aromatic nitrogens is 1. The molecule has 3 heteroatoms. The van der Waals surface area contributed by atoms with E-state index in [1.165, 1.54) is 0 Å². The van der Waals surface area contributed by atoms with Crippen LogP contribution in [0.25, 0.3) is 0 Å². The van der Waals surface area contributed by atoms with Crippen molar-refractivity contribution >= 4 is 0 Å². The van der Waals surface area contributed by atoms with Gasteiger partial charge >= 0.3 is 0 Å². The van der Waals surface area contributed by atoms with Gasteiger partial charge in [0.25, 0.3) is 0 Å². The van der Waals surface area contributed by atoms with Gasteiger partial charge in [-0.3, -0.25) is 0 Å². The predicted octanol–water partition coefficient (Wildman–Crippen LogP) is -1.74. The van der Waals surface area contributed by atoms with E-state index in [-0.39, 0.29) is 24.0 Å². The zero-order valence-electron chi connectivity index (χ0n) is 7.00. The average Bonchev–Trinajstić information content (AvgIpc) is 2.07. The van der Waals surface area contributed by atoms with Crippen LogP contribution < -0.4 is 28.5 Å². The van der Waals surface area contributed by atoms with E-state index in [0.717, 1.165) is 18.5 Å². The Bertz CT molecular complexity index is 261. The first-order valence-electron chi connectivity index (χ1n) is 3.76. The van der Waals surface area contributed by atoms with Gasteiger partial charge < -0.3 is 24.0 Å². The molecule has 0 atom stereocenters. The third-order valence-electron chi connectivity index (χ3n) is 1.50. The summed E-state index contributed by atoms with van der Waals surface area (Å²) in [4.78, 5) is 0. The third kappa shape index (κ3) is 3.18. The number of hydrogen-bond acceptors (Lipinski definition) is 1. The lowest BCUT2D eigenvalue weighted by molar-refractivity contribution is -0.697. The van der Waals surface area contributed by atoms with Crippen molar-refractivity contribution in [2.45, 2.75) is 19.9 Å². The van der Waals surface area contributed by atoms with Crippen molar-refractivity contribution in [3.8, 4) is 6.07 Å². The lowest BCUT2D eigenvalue weighted by Gasteiger charge is -1.91. The summed E-state index contributed by atoms with van der Waals surface area (Å²) in [6.07, 6.45) is 4.99. The Balaban J connectivity index is 0.00000121. The quantitative estimate of drug-likeness (QED) is 0.465. The second-order valence-corrected chi connectivity index (χ2v) is 2.44. The minimum absolute atomic E-state index is 0. The lowest BCUT2D eigenvalue weighted by atomic mass is 10.3.